The molecule has 0 unspecified atom stereocenters. The Balaban J connectivity index is 0. The molecular weight excluding hydrogens is 112 g/mol. The van der Waals surface area contributed by atoms with Crippen LogP contribution in [-0.4, -0.2) is 11.7 Å². The highest BCUT2D eigenvalue weighted by Gasteiger charge is 1.62. The fourth-order valence-corrected chi connectivity index (χ4v) is 0.0913. The number of hydrogen-bond donors (Lipinski definition) is 1. The molecule has 0 aromatic carbocycles. The van der Waals surface area contributed by atoms with Crippen molar-refractivity contribution in [3.05, 3.63) is 38.0 Å². The van der Waals surface area contributed by atoms with Gasteiger partial charge >= 0.3 is 0 Å². The normalized spacial score (nSPS) is 6.33. The van der Waals surface area contributed by atoms with Crippen molar-refractivity contribution in [3.8, 4) is 0 Å². The Bertz CT molecular complexity index is 68.6. The second-order valence-electron chi connectivity index (χ2n) is 1.27. The van der Waals surface area contributed by atoms with Gasteiger partial charge in [-0.05, 0) is 6.42 Å². The molecule has 0 spiro atoms. The first-order valence-corrected chi connectivity index (χ1v) is 2.78. The average molecular weight is 126 g/mol. The van der Waals surface area contributed by atoms with Crippen LogP contribution >= 0.6 is 0 Å². The van der Waals surface area contributed by atoms with Gasteiger partial charge in [-0.1, -0.05) is 31.4 Å². The van der Waals surface area contributed by atoms with Gasteiger partial charge in [0.05, 0.1) is 0 Å². The number of aliphatic hydroxyl groups excluding tert-OH is 1. The fourth-order valence-electron chi connectivity index (χ4n) is 0.0913. The number of aliphatic hydroxyl groups is 1. The van der Waals surface area contributed by atoms with Gasteiger partial charge in [0, 0.05) is 6.61 Å². The SMILES string of the molecule is C=CC=C.C=CCCO. The summed E-state index contributed by atoms with van der Waals surface area (Å²) in [6.07, 6.45) is 5.67. The molecule has 52 valence electrons. The lowest BCUT2D eigenvalue weighted by molar-refractivity contribution is 0.303. The molecule has 9 heavy (non-hydrogen) atoms. The highest BCUT2D eigenvalue weighted by molar-refractivity contribution is 4.88. The Morgan fingerprint density at radius 2 is 1.56 bits per heavy atom. The predicted molar refractivity (Wildman–Crippen MR) is 42.3 cm³/mol. The van der Waals surface area contributed by atoms with Gasteiger partial charge in [-0.2, -0.15) is 0 Å². The number of allylic oxidation sites excluding steroid dienone is 2. The minimum Gasteiger partial charge on any atom is -0.396 e. The highest BCUT2D eigenvalue weighted by atomic mass is 16.2. The van der Waals surface area contributed by atoms with E-state index in [-0.39, 0.29) is 6.61 Å². The van der Waals surface area contributed by atoms with Crippen LogP contribution in [0.2, 0.25) is 0 Å². The van der Waals surface area contributed by atoms with Gasteiger partial charge in [-0.15, -0.1) is 6.58 Å². The van der Waals surface area contributed by atoms with Gasteiger partial charge in [0.1, 0.15) is 0 Å². The monoisotopic (exact) mass is 126 g/mol. The molecule has 0 rings (SSSR count). The quantitative estimate of drug-likeness (QED) is 0.452. The zero-order valence-electron chi connectivity index (χ0n) is 5.71. The fraction of sp³-hybridized carbons (Fsp3) is 0.250. The molecule has 0 amide bonds. The smallest absolute Gasteiger partial charge is 0.0465 e. The summed E-state index contributed by atoms with van der Waals surface area (Å²) in [5.74, 6) is 0. The van der Waals surface area contributed by atoms with Crippen molar-refractivity contribution in [2.45, 2.75) is 6.42 Å². The first kappa shape index (κ1) is 11.0. The Morgan fingerprint density at radius 1 is 1.11 bits per heavy atom. The lowest BCUT2D eigenvalue weighted by Crippen LogP contribution is -1.71. The molecule has 0 atom stereocenters. The van der Waals surface area contributed by atoms with Gasteiger partial charge in [0.2, 0.25) is 0 Å². The molecule has 0 saturated heterocycles. The summed E-state index contributed by atoms with van der Waals surface area (Å²) in [5, 5.41) is 8.00. The first-order valence-electron chi connectivity index (χ1n) is 2.78. The molecule has 0 aromatic rings. The van der Waals surface area contributed by atoms with Gasteiger partial charge in [0.25, 0.3) is 0 Å². The Labute approximate surface area is 57.0 Å². The number of hydrogen-bond acceptors (Lipinski definition) is 1. The van der Waals surface area contributed by atoms with E-state index >= 15 is 0 Å². The molecule has 0 heterocycles. The predicted octanol–water partition coefficient (Wildman–Crippen LogP) is 1.91. The second kappa shape index (κ2) is 15.7. The van der Waals surface area contributed by atoms with Crippen LogP contribution in [0, 0.1) is 0 Å². The summed E-state index contributed by atoms with van der Waals surface area (Å²) in [6.45, 7) is 10.3. The second-order valence-corrected chi connectivity index (χ2v) is 1.27. The molecule has 0 aliphatic carbocycles. The van der Waals surface area contributed by atoms with Crippen LogP contribution in [0.4, 0.5) is 0 Å². The van der Waals surface area contributed by atoms with E-state index in [4.69, 9.17) is 5.11 Å². The molecule has 0 aliphatic rings. The van der Waals surface area contributed by atoms with E-state index < -0.39 is 0 Å². The van der Waals surface area contributed by atoms with E-state index in [1.54, 1.807) is 18.2 Å². The van der Waals surface area contributed by atoms with E-state index in [1.807, 2.05) is 0 Å². The van der Waals surface area contributed by atoms with Crippen LogP contribution in [0.3, 0.4) is 0 Å². The van der Waals surface area contributed by atoms with Crippen molar-refractivity contribution in [1.82, 2.24) is 0 Å². The third kappa shape index (κ3) is 40.5. The maximum atomic E-state index is 8.00. The molecule has 1 nitrogen and oxygen atoms in total. The van der Waals surface area contributed by atoms with Gasteiger partial charge in [0.15, 0.2) is 0 Å². The lowest BCUT2D eigenvalue weighted by atomic mass is 10.5. The molecule has 0 fully saturated rings. The molecule has 0 bridgehead atoms. The summed E-state index contributed by atoms with van der Waals surface area (Å²) in [7, 11) is 0. The molecule has 0 saturated carbocycles. The van der Waals surface area contributed by atoms with Crippen LogP contribution in [0.15, 0.2) is 38.0 Å². The minimum atomic E-state index is 0.226. The van der Waals surface area contributed by atoms with E-state index in [9.17, 15) is 0 Å². The third-order valence-corrected chi connectivity index (χ3v) is 0.500. The maximum Gasteiger partial charge on any atom is 0.0465 e. The minimum absolute atomic E-state index is 0.226. The standard InChI is InChI=1S/C4H8O.C4H6/c1-2-3-4-5;1-3-4-2/h2,5H,1,3-4H2;3-4H,1-2H2. The summed E-state index contributed by atoms with van der Waals surface area (Å²) < 4.78 is 0. The largest absolute Gasteiger partial charge is 0.396 e. The van der Waals surface area contributed by atoms with Crippen molar-refractivity contribution in [2.24, 2.45) is 0 Å². The maximum absolute atomic E-state index is 8.00. The average Bonchev–Trinajstić information content (AvgIpc) is 1.91. The first-order chi connectivity index (χ1) is 4.33. The Hall–Kier alpha value is -0.820. The van der Waals surface area contributed by atoms with Crippen LogP contribution < -0.4 is 0 Å². The van der Waals surface area contributed by atoms with Crippen LogP contribution in [-0.2, 0) is 0 Å². The van der Waals surface area contributed by atoms with E-state index in [0.29, 0.717) is 6.42 Å². The van der Waals surface area contributed by atoms with Crippen LogP contribution in [0.5, 0.6) is 0 Å². The van der Waals surface area contributed by atoms with E-state index in [0.717, 1.165) is 0 Å². The van der Waals surface area contributed by atoms with Crippen LogP contribution in [0.25, 0.3) is 0 Å². The molecule has 1 N–H and O–H groups in total. The van der Waals surface area contributed by atoms with Crippen molar-refractivity contribution in [2.75, 3.05) is 6.61 Å². The topological polar surface area (TPSA) is 20.2 Å². The molecule has 1 heteroatoms. The van der Waals surface area contributed by atoms with E-state index in [2.05, 4.69) is 19.7 Å². The molecule has 0 aromatic heterocycles. The Morgan fingerprint density at radius 3 is 1.56 bits per heavy atom. The molecular formula is C8H14O. The highest BCUT2D eigenvalue weighted by Crippen LogP contribution is 1.69. The van der Waals surface area contributed by atoms with Crippen LogP contribution in [0.1, 0.15) is 6.42 Å². The molecule has 0 radical (unpaired) electrons. The summed E-state index contributed by atoms with van der Waals surface area (Å²) in [6, 6.07) is 0. The van der Waals surface area contributed by atoms with Crippen molar-refractivity contribution in [3.63, 3.8) is 0 Å². The van der Waals surface area contributed by atoms with Crippen molar-refractivity contribution in [1.29, 1.82) is 0 Å². The number of rotatable bonds is 3. The Kier molecular flexibility index (Phi) is 19.3. The van der Waals surface area contributed by atoms with Gasteiger partial charge in [-0.25, -0.2) is 0 Å². The lowest BCUT2D eigenvalue weighted by Gasteiger charge is -1.73. The zero-order valence-corrected chi connectivity index (χ0v) is 5.71. The summed E-state index contributed by atoms with van der Waals surface area (Å²) in [4.78, 5) is 0. The van der Waals surface area contributed by atoms with Gasteiger partial charge < -0.3 is 5.11 Å². The third-order valence-electron chi connectivity index (χ3n) is 0.500. The zero-order chi connectivity index (χ0) is 7.54. The van der Waals surface area contributed by atoms with Crippen molar-refractivity contribution < 1.29 is 5.11 Å². The van der Waals surface area contributed by atoms with E-state index in [1.165, 1.54) is 0 Å². The summed E-state index contributed by atoms with van der Waals surface area (Å²) >= 11 is 0. The van der Waals surface area contributed by atoms with Crippen molar-refractivity contribution >= 4 is 0 Å². The summed E-state index contributed by atoms with van der Waals surface area (Å²) in [5.41, 5.74) is 0. The van der Waals surface area contributed by atoms with Gasteiger partial charge in [-0.3, -0.25) is 0 Å². The molecule has 0 aliphatic heterocycles.